The fourth-order valence-corrected chi connectivity index (χ4v) is 4.28. The summed E-state index contributed by atoms with van der Waals surface area (Å²) in [7, 11) is 0. The van der Waals surface area contributed by atoms with Crippen molar-refractivity contribution in [2.75, 3.05) is 25.1 Å². The molecule has 0 bridgehead atoms. The van der Waals surface area contributed by atoms with Gasteiger partial charge in [0.1, 0.15) is 0 Å². The Hall–Kier alpha value is -3.69. The topological polar surface area (TPSA) is 121 Å². The Morgan fingerprint density at radius 3 is 2.00 bits per heavy atom. The molecule has 0 spiro atoms. The van der Waals surface area contributed by atoms with Crippen molar-refractivity contribution in [3.63, 3.8) is 0 Å². The number of nitrogens with one attached hydrogen (secondary N) is 1. The van der Waals surface area contributed by atoms with Gasteiger partial charge in [0.2, 0.25) is 0 Å². The SMILES string of the molecule is CCOC(=O)c1cnc2c(NC(=O)c3c(Cl)cccc3Cl)cccc2c1C(C(=O)OCC)C(=O)OCC. The van der Waals surface area contributed by atoms with Gasteiger partial charge in [-0.2, -0.15) is 0 Å². The molecule has 37 heavy (non-hydrogen) atoms. The molecule has 3 aromatic rings. The number of ether oxygens (including phenoxy) is 3. The number of nitrogens with zero attached hydrogens (tertiary/aromatic N) is 1. The minimum atomic E-state index is -1.60. The molecule has 0 fully saturated rings. The molecular formula is C26H24Cl2N2O7. The van der Waals surface area contributed by atoms with Crippen LogP contribution in [0, 0.1) is 0 Å². The van der Waals surface area contributed by atoms with Gasteiger partial charge in [0.05, 0.1) is 52.2 Å². The number of carbonyl (C=O) groups is 4. The fourth-order valence-electron chi connectivity index (χ4n) is 3.71. The summed E-state index contributed by atoms with van der Waals surface area (Å²) in [6, 6.07) is 9.35. The van der Waals surface area contributed by atoms with Crippen LogP contribution in [-0.2, 0) is 23.8 Å². The number of amides is 1. The summed E-state index contributed by atoms with van der Waals surface area (Å²) in [4.78, 5) is 56.1. The number of rotatable bonds is 9. The third-order valence-electron chi connectivity index (χ3n) is 5.21. The first kappa shape index (κ1) is 27.9. The Morgan fingerprint density at radius 2 is 1.43 bits per heavy atom. The molecule has 9 nitrogen and oxygen atoms in total. The summed E-state index contributed by atoms with van der Waals surface area (Å²) in [5, 5.41) is 3.24. The van der Waals surface area contributed by atoms with E-state index in [0.29, 0.717) is 0 Å². The maximum atomic E-state index is 13.0. The molecule has 3 rings (SSSR count). The van der Waals surface area contributed by atoms with Gasteiger partial charge in [-0.05, 0) is 39.0 Å². The number of para-hydroxylation sites is 1. The third kappa shape index (κ3) is 6.00. The van der Waals surface area contributed by atoms with E-state index >= 15 is 0 Å². The number of hydrogen-bond donors (Lipinski definition) is 1. The van der Waals surface area contributed by atoms with Gasteiger partial charge in [-0.1, -0.05) is 41.4 Å². The van der Waals surface area contributed by atoms with Gasteiger partial charge in [-0.25, -0.2) is 4.79 Å². The zero-order valence-corrected chi connectivity index (χ0v) is 21.8. The molecule has 0 unspecified atom stereocenters. The first-order chi connectivity index (χ1) is 17.7. The lowest BCUT2D eigenvalue weighted by atomic mass is 9.90. The van der Waals surface area contributed by atoms with Crippen LogP contribution < -0.4 is 5.32 Å². The number of anilines is 1. The van der Waals surface area contributed by atoms with E-state index in [-0.39, 0.29) is 63.1 Å². The molecule has 0 atom stereocenters. The van der Waals surface area contributed by atoms with Crippen LogP contribution in [0.5, 0.6) is 0 Å². The van der Waals surface area contributed by atoms with E-state index in [1.54, 1.807) is 45.0 Å². The van der Waals surface area contributed by atoms with Gasteiger partial charge in [0.25, 0.3) is 5.91 Å². The number of fused-ring (bicyclic) bond motifs is 1. The van der Waals surface area contributed by atoms with Crippen LogP contribution in [0.4, 0.5) is 5.69 Å². The second kappa shape index (κ2) is 12.5. The maximum absolute atomic E-state index is 13.0. The average Bonchev–Trinajstić information content (AvgIpc) is 2.85. The molecule has 0 aliphatic rings. The van der Waals surface area contributed by atoms with Gasteiger partial charge in [-0.3, -0.25) is 19.4 Å². The minimum Gasteiger partial charge on any atom is -0.465 e. The minimum absolute atomic E-state index is 0.00720. The van der Waals surface area contributed by atoms with Crippen LogP contribution in [0.25, 0.3) is 10.9 Å². The van der Waals surface area contributed by atoms with E-state index < -0.39 is 29.7 Å². The lowest BCUT2D eigenvalue weighted by Crippen LogP contribution is -2.28. The Bertz CT molecular complexity index is 1320. The summed E-state index contributed by atoms with van der Waals surface area (Å²) < 4.78 is 15.4. The molecule has 1 amide bonds. The van der Waals surface area contributed by atoms with E-state index in [1.807, 2.05) is 0 Å². The number of benzene rings is 2. The number of halogens is 2. The molecule has 2 aromatic carbocycles. The number of pyridine rings is 1. The van der Waals surface area contributed by atoms with Gasteiger partial charge in [-0.15, -0.1) is 0 Å². The van der Waals surface area contributed by atoms with Crippen LogP contribution in [0.2, 0.25) is 10.0 Å². The van der Waals surface area contributed by atoms with Crippen molar-refractivity contribution in [3.05, 3.63) is 69.3 Å². The number of carbonyl (C=O) groups excluding carboxylic acids is 4. The monoisotopic (exact) mass is 546 g/mol. The second-order valence-corrected chi connectivity index (χ2v) is 8.31. The summed E-state index contributed by atoms with van der Waals surface area (Å²) in [5.41, 5.74) is 0.356. The quantitative estimate of drug-likeness (QED) is 0.221. The molecule has 0 aliphatic carbocycles. The maximum Gasteiger partial charge on any atom is 0.340 e. The van der Waals surface area contributed by atoms with Crippen molar-refractivity contribution >= 4 is 63.6 Å². The molecule has 1 aromatic heterocycles. The van der Waals surface area contributed by atoms with Crippen LogP contribution in [0.1, 0.15) is 53.0 Å². The summed E-state index contributed by atoms with van der Waals surface area (Å²) >= 11 is 12.3. The first-order valence-corrected chi connectivity index (χ1v) is 12.2. The Labute approximate surface area is 223 Å². The fraction of sp³-hybridized carbons (Fsp3) is 0.269. The molecule has 1 heterocycles. The number of aromatic nitrogens is 1. The highest BCUT2D eigenvalue weighted by atomic mass is 35.5. The van der Waals surface area contributed by atoms with Crippen molar-refractivity contribution in [1.29, 1.82) is 0 Å². The molecule has 0 saturated carbocycles. The van der Waals surface area contributed by atoms with Crippen LogP contribution in [0.3, 0.4) is 0 Å². The molecule has 1 N–H and O–H groups in total. The summed E-state index contributed by atoms with van der Waals surface area (Å²) in [5.74, 6) is -4.81. The normalized spacial score (nSPS) is 10.8. The second-order valence-electron chi connectivity index (χ2n) is 7.50. The third-order valence-corrected chi connectivity index (χ3v) is 5.84. The molecule has 0 radical (unpaired) electrons. The Balaban J connectivity index is 2.24. The standard InChI is InChI=1S/C26H24Cl2N2O7/c1-4-35-24(32)15-13-29-22-14(19(15)21(25(33)36-5-2)26(34)37-6-3)9-7-12-18(22)30-23(31)20-16(27)10-8-11-17(20)28/h7-13,21H,4-6H2,1-3H3,(H,30,31). The van der Waals surface area contributed by atoms with Crippen molar-refractivity contribution < 1.29 is 33.4 Å². The molecule has 11 heteroatoms. The highest BCUT2D eigenvalue weighted by Crippen LogP contribution is 2.34. The molecular weight excluding hydrogens is 523 g/mol. The number of esters is 3. The van der Waals surface area contributed by atoms with Crippen molar-refractivity contribution in [3.8, 4) is 0 Å². The van der Waals surface area contributed by atoms with Crippen molar-refractivity contribution in [1.82, 2.24) is 4.98 Å². The lowest BCUT2D eigenvalue weighted by molar-refractivity contribution is -0.156. The Kier molecular flexibility index (Phi) is 9.43. The van der Waals surface area contributed by atoms with Gasteiger partial charge >= 0.3 is 17.9 Å². The van der Waals surface area contributed by atoms with E-state index in [9.17, 15) is 19.2 Å². The van der Waals surface area contributed by atoms with Crippen molar-refractivity contribution in [2.24, 2.45) is 0 Å². The van der Waals surface area contributed by atoms with E-state index in [1.165, 1.54) is 18.3 Å². The Morgan fingerprint density at radius 1 is 0.865 bits per heavy atom. The lowest BCUT2D eigenvalue weighted by Gasteiger charge is -2.20. The zero-order valence-electron chi connectivity index (χ0n) is 20.3. The van der Waals surface area contributed by atoms with Crippen LogP contribution in [0.15, 0.2) is 42.6 Å². The predicted molar refractivity (Wildman–Crippen MR) is 138 cm³/mol. The van der Waals surface area contributed by atoms with E-state index in [4.69, 9.17) is 37.4 Å². The smallest absolute Gasteiger partial charge is 0.340 e. The predicted octanol–water partition coefficient (Wildman–Crippen LogP) is 5.18. The largest absolute Gasteiger partial charge is 0.465 e. The number of hydrogen-bond acceptors (Lipinski definition) is 8. The molecule has 0 saturated heterocycles. The van der Waals surface area contributed by atoms with Crippen LogP contribution >= 0.6 is 23.2 Å². The van der Waals surface area contributed by atoms with E-state index in [0.717, 1.165) is 0 Å². The van der Waals surface area contributed by atoms with Crippen molar-refractivity contribution in [2.45, 2.75) is 26.7 Å². The highest BCUT2D eigenvalue weighted by Gasteiger charge is 2.37. The summed E-state index contributed by atoms with van der Waals surface area (Å²) in [6.45, 7) is 4.83. The first-order valence-electron chi connectivity index (χ1n) is 11.4. The zero-order chi connectivity index (χ0) is 27.1. The van der Waals surface area contributed by atoms with Gasteiger partial charge in [0.15, 0.2) is 5.92 Å². The van der Waals surface area contributed by atoms with Gasteiger partial charge < -0.3 is 19.5 Å². The summed E-state index contributed by atoms with van der Waals surface area (Å²) in [6.07, 6.45) is 1.18. The molecule has 0 aliphatic heterocycles. The van der Waals surface area contributed by atoms with Crippen LogP contribution in [-0.4, -0.2) is 48.6 Å². The highest BCUT2D eigenvalue weighted by molar-refractivity contribution is 6.40. The molecule has 194 valence electrons. The van der Waals surface area contributed by atoms with Gasteiger partial charge in [0, 0.05) is 17.1 Å². The average molecular weight is 547 g/mol. The van der Waals surface area contributed by atoms with E-state index in [2.05, 4.69) is 10.3 Å².